The maximum atomic E-state index is 11.3. The van der Waals surface area contributed by atoms with Crippen LogP contribution in [0.1, 0.15) is 19.8 Å². The molecule has 0 unspecified atom stereocenters. The molecule has 0 amide bonds. The maximum Gasteiger partial charge on any atom is 0.305 e. The van der Waals surface area contributed by atoms with Gasteiger partial charge in [-0.15, -0.1) is 0 Å². The van der Waals surface area contributed by atoms with Crippen LogP contribution < -0.4 is 4.74 Å². The van der Waals surface area contributed by atoms with E-state index in [0.29, 0.717) is 32.7 Å². The van der Waals surface area contributed by atoms with Gasteiger partial charge < -0.3 is 14.2 Å². The van der Waals surface area contributed by atoms with Gasteiger partial charge in [0.15, 0.2) is 0 Å². The molecule has 0 saturated carbocycles. The molecule has 0 aliphatic heterocycles. The predicted molar refractivity (Wildman–Crippen MR) is 68.6 cm³/mol. The summed E-state index contributed by atoms with van der Waals surface area (Å²) in [6.07, 6.45) is 1.09. The lowest BCUT2D eigenvalue weighted by atomic mass is 10.3. The number of rotatable bonds is 9. The molecule has 0 N–H and O–H groups in total. The Morgan fingerprint density at radius 1 is 1.11 bits per heavy atom. The molecule has 0 aromatic heterocycles. The fraction of sp³-hybridized carbons (Fsp3) is 0.500. The summed E-state index contributed by atoms with van der Waals surface area (Å²) in [7, 11) is 0. The Balaban J connectivity index is 1.99. The molecule has 0 spiro atoms. The smallest absolute Gasteiger partial charge is 0.305 e. The van der Waals surface area contributed by atoms with E-state index < -0.39 is 0 Å². The lowest BCUT2D eigenvalue weighted by Crippen LogP contribution is -2.12. The zero-order valence-corrected chi connectivity index (χ0v) is 10.8. The molecule has 4 heteroatoms. The third-order valence-corrected chi connectivity index (χ3v) is 2.23. The van der Waals surface area contributed by atoms with Gasteiger partial charge in [-0.05, 0) is 25.5 Å². The molecule has 1 aromatic rings. The molecule has 0 bridgehead atoms. The van der Waals surface area contributed by atoms with E-state index in [2.05, 4.69) is 0 Å². The third-order valence-electron chi connectivity index (χ3n) is 2.23. The summed E-state index contributed by atoms with van der Waals surface area (Å²) in [6.45, 7) is 3.87. The summed E-state index contributed by atoms with van der Waals surface area (Å²) < 4.78 is 15.6. The molecule has 0 aliphatic carbocycles. The first-order valence-electron chi connectivity index (χ1n) is 6.24. The zero-order chi connectivity index (χ0) is 13.1. The quantitative estimate of drug-likeness (QED) is 0.500. The van der Waals surface area contributed by atoms with Crippen molar-refractivity contribution in [3.8, 4) is 5.75 Å². The van der Waals surface area contributed by atoms with Crippen molar-refractivity contribution in [1.82, 2.24) is 0 Å². The van der Waals surface area contributed by atoms with Gasteiger partial charge in [0.25, 0.3) is 0 Å². The zero-order valence-electron chi connectivity index (χ0n) is 10.8. The Kier molecular flexibility index (Phi) is 7.64. The third kappa shape index (κ3) is 6.91. The van der Waals surface area contributed by atoms with Crippen LogP contribution in [0.15, 0.2) is 30.3 Å². The highest BCUT2D eigenvalue weighted by atomic mass is 16.6. The van der Waals surface area contributed by atoms with Crippen LogP contribution in [0.2, 0.25) is 0 Å². The number of hydrogen-bond donors (Lipinski definition) is 0. The predicted octanol–water partition coefficient (Wildman–Crippen LogP) is 2.43. The van der Waals surface area contributed by atoms with Crippen molar-refractivity contribution < 1.29 is 19.0 Å². The number of carbonyl (C=O) groups is 1. The molecular formula is C14H20O4. The van der Waals surface area contributed by atoms with Crippen molar-refractivity contribution in [1.29, 1.82) is 0 Å². The number of benzene rings is 1. The van der Waals surface area contributed by atoms with Crippen LogP contribution >= 0.6 is 0 Å². The molecule has 4 nitrogen and oxygen atoms in total. The van der Waals surface area contributed by atoms with Gasteiger partial charge in [-0.2, -0.15) is 0 Å². The van der Waals surface area contributed by atoms with E-state index in [1.807, 2.05) is 37.3 Å². The van der Waals surface area contributed by atoms with Crippen molar-refractivity contribution in [2.45, 2.75) is 19.8 Å². The largest absolute Gasteiger partial charge is 0.490 e. The van der Waals surface area contributed by atoms with E-state index in [1.54, 1.807) is 0 Å². The van der Waals surface area contributed by atoms with Crippen molar-refractivity contribution in [2.24, 2.45) is 0 Å². The summed E-state index contributed by atoms with van der Waals surface area (Å²) in [5, 5.41) is 0. The molecule has 0 fully saturated rings. The van der Waals surface area contributed by atoms with E-state index in [1.165, 1.54) is 0 Å². The van der Waals surface area contributed by atoms with Crippen molar-refractivity contribution in [3.63, 3.8) is 0 Å². The SMILES string of the molecule is CCOCCCC(=O)OCCOc1ccccc1. The Bertz CT molecular complexity index is 324. The van der Waals surface area contributed by atoms with Gasteiger partial charge in [0.05, 0.1) is 0 Å². The summed E-state index contributed by atoms with van der Waals surface area (Å²) in [4.78, 5) is 11.3. The standard InChI is InChI=1S/C14H20O4/c1-2-16-10-6-9-14(15)18-12-11-17-13-7-4-3-5-8-13/h3-5,7-8H,2,6,9-12H2,1H3. The van der Waals surface area contributed by atoms with Gasteiger partial charge in [-0.25, -0.2) is 0 Å². The number of carbonyl (C=O) groups excluding carboxylic acids is 1. The van der Waals surface area contributed by atoms with E-state index in [4.69, 9.17) is 14.2 Å². The summed E-state index contributed by atoms with van der Waals surface area (Å²) in [6, 6.07) is 9.45. The average molecular weight is 252 g/mol. The fourth-order valence-electron chi connectivity index (χ4n) is 1.37. The minimum absolute atomic E-state index is 0.202. The van der Waals surface area contributed by atoms with E-state index in [-0.39, 0.29) is 12.6 Å². The average Bonchev–Trinajstić information content (AvgIpc) is 2.41. The topological polar surface area (TPSA) is 44.8 Å². The van der Waals surface area contributed by atoms with Gasteiger partial charge in [0.1, 0.15) is 19.0 Å². The molecule has 100 valence electrons. The van der Waals surface area contributed by atoms with E-state index in [0.717, 1.165) is 5.75 Å². The number of hydrogen-bond acceptors (Lipinski definition) is 4. The Morgan fingerprint density at radius 2 is 1.89 bits per heavy atom. The first kappa shape index (κ1) is 14.5. The molecule has 1 aromatic carbocycles. The number of ether oxygens (including phenoxy) is 3. The molecule has 0 aliphatic rings. The van der Waals surface area contributed by atoms with Gasteiger partial charge in [-0.1, -0.05) is 18.2 Å². The van der Waals surface area contributed by atoms with E-state index in [9.17, 15) is 4.79 Å². The monoisotopic (exact) mass is 252 g/mol. The molecular weight excluding hydrogens is 232 g/mol. The summed E-state index contributed by atoms with van der Waals surface area (Å²) in [5.41, 5.74) is 0. The van der Waals surface area contributed by atoms with Gasteiger partial charge >= 0.3 is 5.97 Å². The molecule has 1 rings (SSSR count). The second kappa shape index (κ2) is 9.48. The highest BCUT2D eigenvalue weighted by Crippen LogP contribution is 2.07. The normalized spacial score (nSPS) is 10.1. The van der Waals surface area contributed by atoms with Gasteiger partial charge in [-0.3, -0.25) is 4.79 Å². The second-order valence-corrected chi connectivity index (χ2v) is 3.68. The highest BCUT2D eigenvalue weighted by molar-refractivity contribution is 5.69. The van der Waals surface area contributed by atoms with Crippen molar-refractivity contribution in [2.75, 3.05) is 26.4 Å². The van der Waals surface area contributed by atoms with Crippen LogP contribution in [0.5, 0.6) is 5.75 Å². The van der Waals surface area contributed by atoms with E-state index >= 15 is 0 Å². The van der Waals surface area contributed by atoms with Crippen LogP contribution in [0.3, 0.4) is 0 Å². The van der Waals surface area contributed by atoms with Gasteiger partial charge in [0, 0.05) is 19.6 Å². The van der Waals surface area contributed by atoms with Crippen LogP contribution in [0, 0.1) is 0 Å². The minimum atomic E-state index is -0.202. The van der Waals surface area contributed by atoms with Crippen LogP contribution in [0.25, 0.3) is 0 Å². The Hall–Kier alpha value is -1.55. The lowest BCUT2D eigenvalue weighted by molar-refractivity contribution is -0.144. The molecule has 0 heterocycles. The van der Waals surface area contributed by atoms with Gasteiger partial charge in [0.2, 0.25) is 0 Å². The highest BCUT2D eigenvalue weighted by Gasteiger charge is 2.02. The summed E-state index contributed by atoms with van der Waals surface area (Å²) in [5.74, 6) is 0.580. The van der Waals surface area contributed by atoms with Crippen LogP contribution in [0.4, 0.5) is 0 Å². The Morgan fingerprint density at radius 3 is 2.61 bits per heavy atom. The first-order valence-corrected chi connectivity index (χ1v) is 6.24. The molecule has 0 saturated heterocycles. The number of para-hydroxylation sites is 1. The number of esters is 1. The van der Waals surface area contributed by atoms with Crippen LogP contribution in [-0.2, 0) is 14.3 Å². The van der Waals surface area contributed by atoms with Crippen molar-refractivity contribution in [3.05, 3.63) is 30.3 Å². The van der Waals surface area contributed by atoms with Crippen LogP contribution in [-0.4, -0.2) is 32.4 Å². The fourth-order valence-corrected chi connectivity index (χ4v) is 1.37. The maximum absolute atomic E-state index is 11.3. The first-order chi connectivity index (χ1) is 8.83. The molecule has 0 radical (unpaired) electrons. The van der Waals surface area contributed by atoms with Crippen molar-refractivity contribution >= 4 is 5.97 Å². The second-order valence-electron chi connectivity index (χ2n) is 3.68. The molecule has 0 atom stereocenters. The minimum Gasteiger partial charge on any atom is -0.490 e. The Labute approximate surface area is 108 Å². The summed E-state index contributed by atoms with van der Waals surface area (Å²) >= 11 is 0. The molecule has 18 heavy (non-hydrogen) atoms. The lowest BCUT2D eigenvalue weighted by Gasteiger charge is -2.07.